The Kier molecular flexibility index (Phi) is 2.90. The largest absolute Gasteiger partial charge is 0.508 e. The molecule has 5 heteroatoms. The summed E-state index contributed by atoms with van der Waals surface area (Å²) in [4.78, 5) is 21.4. The number of carbonyl (C=O) groups excluding carboxylic acids is 1. The number of halogens is 1. The Labute approximate surface area is 88.3 Å². The second-order valence-electron chi connectivity index (χ2n) is 2.74. The van der Waals surface area contributed by atoms with Gasteiger partial charge in [-0.3, -0.25) is 4.79 Å². The summed E-state index contributed by atoms with van der Waals surface area (Å²) in [5, 5.41) is 17.8. The minimum absolute atomic E-state index is 0.0486. The lowest BCUT2D eigenvalue weighted by Gasteiger charge is -2.03. The van der Waals surface area contributed by atoms with E-state index in [1.165, 1.54) is 6.07 Å². The summed E-state index contributed by atoms with van der Waals surface area (Å²) in [5.41, 5.74) is 0.513. The minimum atomic E-state index is -1.54. The van der Waals surface area contributed by atoms with E-state index in [4.69, 9.17) is 5.11 Å². The van der Waals surface area contributed by atoms with Crippen LogP contribution in [0.15, 0.2) is 16.6 Å². The van der Waals surface area contributed by atoms with Crippen LogP contribution >= 0.6 is 15.9 Å². The van der Waals surface area contributed by atoms with Crippen LogP contribution in [0.5, 0.6) is 5.75 Å². The van der Waals surface area contributed by atoms with E-state index in [1.807, 2.05) is 0 Å². The smallest absolute Gasteiger partial charge is 0.377 e. The van der Waals surface area contributed by atoms with E-state index in [0.29, 0.717) is 10.0 Å². The predicted octanol–water partition coefficient (Wildman–Crippen LogP) is 1.73. The normalized spacial score (nSPS) is 9.86. The number of aromatic hydroxyl groups is 1. The van der Waals surface area contributed by atoms with Crippen LogP contribution in [0.4, 0.5) is 0 Å². The topological polar surface area (TPSA) is 74.6 Å². The van der Waals surface area contributed by atoms with Crippen LogP contribution in [0, 0.1) is 6.92 Å². The van der Waals surface area contributed by atoms with Crippen molar-refractivity contribution in [3.8, 4) is 5.75 Å². The molecule has 0 unspecified atom stereocenters. The van der Waals surface area contributed by atoms with E-state index in [-0.39, 0.29) is 11.3 Å². The molecule has 1 aromatic rings. The van der Waals surface area contributed by atoms with Gasteiger partial charge in [0.2, 0.25) is 0 Å². The first-order valence-electron chi connectivity index (χ1n) is 3.70. The zero-order valence-electron chi connectivity index (χ0n) is 7.24. The fraction of sp³-hybridized carbons (Fsp3) is 0.111. The van der Waals surface area contributed by atoms with Crippen molar-refractivity contribution < 1.29 is 19.8 Å². The molecule has 2 N–H and O–H groups in total. The van der Waals surface area contributed by atoms with Gasteiger partial charge in [-0.05, 0) is 19.1 Å². The van der Waals surface area contributed by atoms with Crippen molar-refractivity contribution in [2.45, 2.75) is 6.92 Å². The molecule has 0 heterocycles. The lowest BCUT2D eigenvalue weighted by Crippen LogP contribution is -2.12. The van der Waals surface area contributed by atoms with Crippen molar-refractivity contribution in [2.75, 3.05) is 0 Å². The number of hydrogen-bond donors (Lipinski definition) is 2. The van der Waals surface area contributed by atoms with Crippen LogP contribution in [-0.4, -0.2) is 22.0 Å². The average molecular weight is 259 g/mol. The number of benzene rings is 1. The number of hydrogen-bond acceptors (Lipinski definition) is 3. The molecule has 0 aliphatic rings. The lowest BCUT2D eigenvalue weighted by molar-refractivity contribution is -0.131. The van der Waals surface area contributed by atoms with Crippen LogP contribution in [0.2, 0.25) is 0 Å². The highest BCUT2D eigenvalue weighted by Crippen LogP contribution is 2.27. The zero-order chi connectivity index (χ0) is 10.9. The molecule has 14 heavy (non-hydrogen) atoms. The van der Waals surface area contributed by atoms with E-state index in [0.717, 1.165) is 6.07 Å². The Morgan fingerprint density at radius 3 is 2.36 bits per heavy atom. The van der Waals surface area contributed by atoms with Crippen LogP contribution in [-0.2, 0) is 4.79 Å². The van der Waals surface area contributed by atoms with Crippen LogP contribution in [0.1, 0.15) is 15.9 Å². The van der Waals surface area contributed by atoms with E-state index in [9.17, 15) is 14.7 Å². The Morgan fingerprint density at radius 2 is 1.93 bits per heavy atom. The number of ketones is 1. The number of carbonyl (C=O) groups is 2. The van der Waals surface area contributed by atoms with Crippen molar-refractivity contribution in [1.82, 2.24) is 0 Å². The summed E-state index contributed by atoms with van der Waals surface area (Å²) in [6.07, 6.45) is 0. The molecule has 1 rings (SSSR count). The van der Waals surface area contributed by atoms with Crippen molar-refractivity contribution in [3.05, 3.63) is 27.7 Å². The van der Waals surface area contributed by atoms with Crippen LogP contribution in [0.25, 0.3) is 0 Å². The van der Waals surface area contributed by atoms with Gasteiger partial charge in [0, 0.05) is 15.6 Å². The maximum Gasteiger partial charge on any atom is 0.377 e. The number of Topliss-reactive ketones (excluding diaryl/α,β-unsaturated/α-hetero) is 1. The van der Waals surface area contributed by atoms with E-state index in [2.05, 4.69) is 15.9 Å². The summed E-state index contributed by atoms with van der Waals surface area (Å²) in [6.45, 7) is 1.65. The van der Waals surface area contributed by atoms with Crippen molar-refractivity contribution in [3.63, 3.8) is 0 Å². The number of aliphatic carboxylic acids is 1. The van der Waals surface area contributed by atoms with E-state index >= 15 is 0 Å². The highest BCUT2D eigenvalue weighted by Gasteiger charge is 2.16. The fourth-order valence-electron chi connectivity index (χ4n) is 0.919. The summed E-state index contributed by atoms with van der Waals surface area (Å²) in [6, 6.07) is 2.50. The molecule has 1 aromatic carbocycles. The van der Waals surface area contributed by atoms with Gasteiger partial charge in [0.15, 0.2) is 0 Å². The molecular weight excluding hydrogens is 252 g/mol. The molecule has 0 atom stereocenters. The molecule has 74 valence electrons. The van der Waals surface area contributed by atoms with E-state index < -0.39 is 11.8 Å². The van der Waals surface area contributed by atoms with Crippen molar-refractivity contribution in [1.29, 1.82) is 0 Å². The van der Waals surface area contributed by atoms with Gasteiger partial charge in [0.05, 0.1) is 0 Å². The third-order valence-electron chi connectivity index (χ3n) is 1.77. The fourth-order valence-corrected chi connectivity index (χ4v) is 1.37. The Balaban J connectivity index is 3.26. The van der Waals surface area contributed by atoms with Gasteiger partial charge in [-0.15, -0.1) is 0 Å². The number of carboxylic acid groups (broad SMARTS) is 1. The maximum atomic E-state index is 11.0. The molecule has 0 radical (unpaired) electrons. The predicted molar refractivity (Wildman–Crippen MR) is 52.5 cm³/mol. The molecule has 0 aliphatic carbocycles. The Hall–Kier alpha value is -1.36. The molecule has 0 saturated heterocycles. The number of carboxylic acids is 1. The SMILES string of the molecule is Cc1c(O)cc(C(=O)C(=O)O)cc1Br. The van der Waals surface area contributed by atoms with Gasteiger partial charge in [-0.25, -0.2) is 4.79 Å². The molecule has 0 aromatic heterocycles. The Morgan fingerprint density at radius 1 is 1.36 bits per heavy atom. The summed E-state index contributed by atoms with van der Waals surface area (Å²) in [7, 11) is 0. The van der Waals surface area contributed by atoms with E-state index in [1.54, 1.807) is 6.92 Å². The highest BCUT2D eigenvalue weighted by molar-refractivity contribution is 9.10. The van der Waals surface area contributed by atoms with Gasteiger partial charge in [-0.1, -0.05) is 15.9 Å². The quantitative estimate of drug-likeness (QED) is 0.626. The molecule has 0 spiro atoms. The highest BCUT2D eigenvalue weighted by atomic mass is 79.9. The molecule has 4 nitrogen and oxygen atoms in total. The van der Waals surface area contributed by atoms with Gasteiger partial charge < -0.3 is 10.2 Å². The van der Waals surface area contributed by atoms with Crippen LogP contribution in [0.3, 0.4) is 0 Å². The second kappa shape index (κ2) is 3.79. The first-order valence-corrected chi connectivity index (χ1v) is 4.49. The second-order valence-corrected chi connectivity index (χ2v) is 3.59. The zero-order valence-corrected chi connectivity index (χ0v) is 8.83. The first kappa shape index (κ1) is 10.7. The maximum absolute atomic E-state index is 11.0. The van der Waals surface area contributed by atoms with Gasteiger partial charge in [-0.2, -0.15) is 0 Å². The summed E-state index contributed by atoms with van der Waals surface area (Å²) >= 11 is 3.11. The molecule has 0 bridgehead atoms. The minimum Gasteiger partial charge on any atom is -0.508 e. The average Bonchev–Trinajstić information content (AvgIpc) is 2.12. The summed E-state index contributed by atoms with van der Waals surface area (Å²) in [5.74, 6) is -2.69. The van der Waals surface area contributed by atoms with Gasteiger partial charge in [0.25, 0.3) is 5.78 Å². The lowest BCUT2D eigenvalue weighted by atomic mass is 10.1. The number of phenolic OH excluding ortho intramolecular Hbond substituents is 1. The number of rotatable bonds is 2. The van der Waals surface area contributed by atoms with Crippen molar-refractivity contribution >= 4 is 27.7 Å². The third kappa shape index (κ3) is 1.93. The standard InChI is InChI=1S/C9H7BrO4/c1-4-6(10)2-5(3-7(4)11)8(12)9(13)14/h2-3,11H,1H3,(H,13,14). The summed E-state index contributed by atoms with van der Waals surface area (Å²) < 4.78 is 0.502. The molecule has 0 aliphatic heterocycles. The molecular formula is C9H7BrO4. The number of phenols is 1. The molecule has 0 amide bonds. The Bertz CT molecular complexity index is 388. The third-order valence-corrected chi connectivity index (χ3v) is 2.60. The van der Waals surface area contributed by atoms with Gasteiger partial charge >= 0.3 is 5.97 Å². The van der Waals surface area contributed by atoms with Crippen molar-refractivity contribution in [2.24, 2.45) is 0 Å². The molecule has 0 saturated carbocycles. The monoisotopic (exact) mass is 258 g/mol. The van der Waals surface area contributed by atoms with Crippen LogP contribution < -0.4 is 0 Å². The first-order chi connectivity index (χ1) is 6.43. The van der Waals surface area contributed by atoms with Gasteiger partial charge in [0.1, 0.15) is 5.75 Å². The molecule has 0 fully saturated rings.